The zero-order valence-electron chi connectivity index (χ0n) is 5.78. The predicted octanol–water partition coefficient (Wildman–Crippen LogP) is 0.807. The van der Waals surface area contributed by atoms with Gasteiger partial charge in [-0.1, -0.05) is 0 Å². The maximum absolute atomic E-state index is 9.16. The number of rotatable bonds is 1. The third kappa shape index (κ3) is 1.25. The third-order valence-electron chi connectivity index (χ3n) is 1.32. The summed E-state index contributed by atoms with van der Waals surface area (Å²) >= 11 is 0. The molecule has 0 aliphatic carbocycles. The molecular weight excluding hydrogens is 128 g/mol. The van der Waals surface area contributed by atoms with Crippen LogP contribution in [0.15, 0.2) is 18.5 Å². The molecule has 0 amide bonds. The van der Waals surface area contributed by atoms with E-state index in [-0.39, 0.29) is 11.8 Å². The van der Waals surface area contributed by atoms with Crippen LogP contribution in [0.2, 0.25) is 0 Å². The Hall–Kier alpha value is -1.09. The summed E-state index contributed by atoms with van der Waals surface area (Å²) in [5.74, 6) is 0.213. The van der Waals surface area contributed by atoms with Crippen LogP contribution in [0.25, 0.3) is 0 Å². The Morgan fingerprint density at radius 3 is 2.80 bits per heavy atom. The monoisotopic (exact) mass is 138 g/mol. The lowest BCUT2D eigenvalue weighted by Gasteiger charge is -2.05. The van der Waals surface area contributed by atoms with Gasteiger partial charge in [0.05, 0.1) is 0 Å². The average Bonchev–Trinajstić information content (AvgIpc) is 1.88. The molecule has 1 rings (SSSR count). The normalized spacial score (nSPS) is 13.0. The smallest absolute Gasteiger partial charge is 0.123 e. The van der Waals surface area contributed by atoms with Crippen molar-refractivity contribution < 1.29 is 5.11 Å². The summed E-state index contributed by atoms with van der Waals surface area (Å²) in [6, 6.07) is 1.37. The third-order valence-corrected chi connectivity index (χ3v) is 1.32. The Balaban J connectivity index is 3.03. The number of nitrogens with two attached hydrogens (primary N) is 1. The van der Waals surface area contributed by atoms with Gasteiger partial charge < -0.3 is 10.8 Å². The van der Waals surface area contributed by atoms with E-state index in [2.05, 4.69) is 4.98 Å². The van der Waals surface area contributed by atoms with Gasteiger partial charge in [0.1, 0.15) is 5.75 Å². The summed E-state index contributed by atoms with van der Waals surface area (Å²) < 4.78 is 0. The van der Waals surface area contributed by atoms with Crippen molar-refractivity contribution in [1.82, 2.24) is 4.98 Å². The van der Waals surface area contributed by atoms with Crippen LogP contribution in [-0.4, -0.2) is 10.1 Å². The first kappa shape index (κ1) is 7.02. The quantitative estimate of drug-likeness (QED) is 0.603. The molecule has 1 heterocycles. The van der Waals surface area contributed by atoms with Crippen LogP contribution in [0.1, 0.15) is 18.5 Å². The molecule has 0 fully saturated rings. The molecule has 0 aliphatic heterocycles. The summed E-state index contributed by atoms with van der Waals surface area (Å²) in [5.41, 5.74) is 6.20. The fraction of sp³-hybridized carbons (Fsp3) is 0.286. The van der Waals surface area contributed by atoms with E-state index < -0.39 is 0 Å². The van der Waals surface area contributed by atoms with Crippen molar-refractivity contribution in [3.63, 3.8) is 0 Å². The molecule has 3 N–H and O–H groups in total. The van der Waals surface area contributed by atoms with Crippen molar-refractivity contribution in [3.05, 3.63) is 24.0 Å². The molecule has 1 unspecified atom stereocenters. The number of aromatic hydroxyl groups is 1. The molecule has 0 saturated heterocycles. The summed E-state index contributed by atoms with van der Waals surface area (Å²) in [7, 11) is 0. The first-order valence-electron chi connectivity index (χ1n) is 3.10. The standard InChI is InChI=1S/C7H10N2O/c1-5(8)6-4-9-3-2-7(6)10/h2-5H,8H2,1H3,(H,9,10). The first-order valence-corrected chi connectivity index (χ1v) is 3.10. The zero-order valence-corrected chi connectivity index (χ0v) is 5.78. The van der Waals surface area contributed by atoms with Gasteiger partial charge in [0, 0.05) is 24.0 Å². The van der Waals surface area contributed by atoms with Crippen molar-refractivity contribution in [2.45, 2.75) is 13.0 Å². The van der Waals surface area contributed by atoms with Gasteiger partial charge in [-0.25, -0.2) is 0 Å². The maximum Gasteiger partial charge on any atom is 0.123 e. The van der Waals surface area contributed by atoms with Gasteiger partial charge in [-0.3, -0.25) is 4.98 Å². The maximum atomic E-state index is 9.16. The Bertz CT molecular complexity index is 223. The Labute approximate surface area is 59.5 Å². The second kappa shape index (κ2) is 2.66. The van der Waals surface area contributed by atoms with Crippen molar-refractivity contribution in [2.24, 2.45) is 5.73 Å². The van der Waals surface area contributed by atoms with Gasteiger partial charge in [-0.15, -0.1) is 0 Å². The largest absolute Gasteiger partial charge is 0.507 e. The SMILES string of the molecule is CC(N)c1cnccc1O. The van der Waals surface area contributed by atoms with E-state index in [0.29, 0.717) is 5.56 Å². The highest BCUT2D eigenvalue weighted by atomic mass is 16.3. The van der Waals surface area contributed by atoms with E-state index in [1.165, 1.54) is 12.3 Å². The van der Waals surface area contributed by atoms with E-state index in [0.717, 1.165) is 0 Å². The predicted molar refractivity (Wildman–Crippen MR) is 38.5 cm³/mol. The van der Waals surface area contributed by atoms with E-state index >= 15 is 0 Å². The minimum atomic E-state index is -0.159. The van der Waals surface area contributed by atoms with Gasteiger partial charge in [0.25, 0.3) is 0 Å². The number of pyridine rings is 1. The van der Waals surface area contributed by atoms with Crippen molar-refractivity contribution in [3.8, 4) is 5.75 Å². The van der Waals surface area contributed by atoms with Crippen LogP contribution < -0.4 is 5.73 Å². The van der Waals surface area contributed by atoms with E-state index in [9.17, 15) is 0 Å². The molecular formula is C7H10N2O. The van der Waals surface area contributed by atoms with Crippen molar-refractivity contribution >= 4 is 0 Å². The molecule has 54 valence electrons. The highest BCUT2D eigenvalue weighted by molar-refractivity contribution is 5.30. The molecule has 0 spiro atoms. The lowest BCUT2D eigenvalue weighted by molar-refractivity contribution is 0.462. The Kier molecular flexibility index (Phi) is 1.87. The van der Waals surface area contributed by atoms with E-state index in [1.807, 2.05) is 0 Å². The van der Waals surface area contributed by atoms with Crippen LogP contribution in [0.5, 0.6) is 5.75 Å². The highest BCUT2D eigenvalue weighted by Crippen LogP contribution is 2.19. The Morgan fingerprint density at radius 2 is 2.40 bits per heavy atom. The van der Waals surface area contributed by atoms with Gasteiger partial charge >= 0.3 is 0 Å². The van der Waals surface area contributed by atoms with Crippen LogP contribution in [0, 0.1) is 0 Å². The van der Waals surface area contributed by atoms with Gasteiger partial charge in [0.15, 0.2) is 0 Å². The van der Waals surface area contributed by atoms with Crippen LogP contribution in [-0.2, 0) is 0 Å². The van der Waals surface area contributed by atoms with Gasteiger partial charge in [-0.2, -0.15) is 0 Å². The van der Waals surface area contributed by atoms with Crippen molar-refractivity contribution in [1.29, 1.82) is 0 Å². The molecule has 3 nitrogen and oxygen atoms in total. The molecule has 1 aromatic rings. The lowest BCUT2D eigenvalue weighted by atomic mass is 10.1. The molecule has 1 atom stereocenters. The zero-order chi connectivity index (χ0) is 7.56. The molecule has 0 radical (unpaired) electrons. The molecule has 0 saturated carbocycles. The van der Waals surface area contributed by atoms with Crippen LogP contribution in [0.4, 0.5) is 0 Å². The van der Waals surface area contributed by atoms with Gasteiger partial charge in [-0.05, 0) is 13.0 Å². The topological polar surface area (TPSA) is 59.1 Å². The summed E-state index contributed by atoms with van der Waals surface area (Å²) in [6.07, 6.45) is 3.10. The fourth-order valence-electron chi connectivity index (χ4n) is 0.750. The fourth-order valence-corrected chi connectivity index (χ4v) is 0.750. The van der Waals surface area contributed by atoms with Gasteiger partial charge in [0.2, 0.25) is 0 Å². The van der Waals surface area contributed by atoms with Crippen LogP contribution >= 0.6 is 0 Å². The molecule has 1 aromatic heterocycles. The minimum absolute atomic E-state index is 0.159. The van der Waals surface area contributed by atoms with Crippen molar-refractivity contribution in [2.75, 3.05) is 0 Å². The average molecular weight is 138 g/mol. The lowest BCUT2D eigenvalue weighted by Crippen LogP contribution is -2.05. The second-order valence-electron chi connectivity index (χ2n) is 2.22. The van der Waals surface area contributed by atoms with Crippen LogP contribution in [0.3, 0.4) is 0 Å². The molecule has 0 aromatic carbocycles. The second-order valence-corrected chi connectivity index (χ2v) is 2.22. The molecule has 0 aliphatic rings. The van der Waals surface area contributed by atoms with E-state index in [1.54, 1.807) is 13.1 Å². The summed E-state index contributed by atoms with van der Waals surface area (Å²) in [4.78, 5) is 3.83. The molecule has 10 heavy (non-hydrogen) atoms. The number of nitrogens with zero attached hydrogens (tertiary/aromatic N) is 1. The number of aromatic nitrogens is 1. The highest BCUT2D eigenvalue weighted by Gasteiger charge is 2.03. The number of hydrogen-bond acceptors (Lipinski definition) is 3. The summed E-state index contributed by atoms with van der Waals surface area (Å²) in [5, 5.41) is 9.16. The molecule has 3 heteroatoms. The minimum Gasteiger partial charge on any atom is -0.507 e. The number of hydrogen-bond donors (Lipinski definition) is 2. The Morgan fingerprint density at radius 1 is 1.70 bits per heavy atom. The molecule has 0 bridgehead atoms. The first-order chi connectivity index (χ1) is 4.72. The van der Waals surface area contributed by atoms with E-state index in [4.69, 9.17) is 10.8 Å². The summed E-state index contributed by atoms with van der Waals surface area (Å²) in [6.45, 7) is 1.80.